The molecule has 0 bridgehead atoms. The minimum absolute atomic E-state index is 0. The van der Waals surface area contributed by atoms with Gasteiger partial charge in [-0.25, -0.2) is 9.97 Å². The van der Waals surface area contributed by atoms with Crippen LogP contribution in [0.1, 0.15) is 0 Å². The number of fused-ring (bicyclic) bond motifs is 3. The van der Waals surface area contributed by atoms with E-state index in [1.54, 1.807) is 30.9 Å². The molecule has 0 aliphatic heterocycles. The maximum atomic E-state index is 6.43. The van der Waals surface area contributed by atoms with Gasteiger partial charge in [0, 0.05) is 47.8 Å². The van der Waals surface area contributed by atoms with E-state index in [1.165, 1.54) is 0 Å². The molecule has 0 radical (unpaired) electrons. The van der Waals surface area contributed by atoms with Crippen LogP contribution in [-0.4, -0.2) is 24.5 Å². The predicted octanol–water partition coefficient (Wildman–Crippen LogP) is 11.8. The standard InChI is InChI=1S/C50H29N5O2.2Pd/c1-3-12-34(13-4-1)42-20-9-26-51-48(42)36-16-7-18-38(30-36)56-40-22-24-44-45-25-23-41(33-47(45)55(46(44)32-40)50-53-28-11-29-54-50)57-39-19-8-17-37(31-39)49-43(21-10-27-52-49)35-14-5-2-6-15-35;;/h1-29H;;/q-4;2*+2. The Labute approximate surface area is 368 Å². The minimum Gasteiger partial charge on any atom is -0.503 e. The van der Waals surface area contributed by atoms with E-state index in [4.69, 9.17) is 19.4 Å². The molecule has 286 valence electrons. The van der Waals surface area contributed by atoms with Gasteiger partial charge in [-0.3, -0.25) is 0 Å². The number of pyridine rings is 2. The van der Waals surface area contributed by atoms with Gasteiger partial charge >= 0.3 is 40.8 Å². The van der Waals surface area contributed by atoms with E-state index >= 15 is 0 Å². The first-order valence-electron chi connectivity index (χ1n) is 18.4. The van der Waals surface area contributed by atoms with Crippen molar-refractivity contribution in [2.45, 2.75) is 0 Å². The second kappa shape index (κ2) is 17.5. The molecule has 10 rings (SSSR count). The topological polar surface area (TPSA) is 75.0 Å². The van der Waals surface area contributed by atoms with Crippen LogP contribution in [0.4, 0.5) is 0 Å². The molecule has 4 aromatic heterocycles. The number of rotatable bonds is 9. The molecule has 4 heterocycles. The van der Waals surface area contributed by atoms with Gasteiger partial charge in [0.25, 0.3) is 0 Å². The Hall–Kier alpha value is -6.58. The van der Waals surface area contributed by atoms with Crippen molar-refractivity contribution in [3.05, 3.63) is 201 Å². The van der Waals surface area contributed by atoms with E-state index in [9.17, 15) is 0 Å². The molecule has 0 aliphatic carbocycles. The van der Waals surface area contributed by atoms with Gasteiger partial charge in [0.15, 0.2) is 0 Å². The summed E-state index contributed by atoms with van der Waals surface area (Å²) in [4.78, 5) is 18.7. The molecule has 0 N–H and O–H groups in total. The van der Waals surface area contributed by atoms with Crippen molar-refractivity contribution in [3.8, 4) is 73.7 Å². The van der Waals surface area contributed by atoms with Crippen molar-refractivity contribution in [1.82, 2.24) is 24.5 Å². The predicted molar refractivity (Wildman–Crippen MR) is 222 cm³/mol. The van der Waals surface area contributed by atoms with E-state index in [1.807, 2.05) is 114 Å². The number of aromatic nitrogens is 5. The molecule has 0 amide bonds. The van der Waals surface area contributed by atoms with Gasteiger partial charge in [0.05, 0.1) is 0 Å². The summed E-state index contributed by atoms with van der Waals surface area (Å²) in [7, 11) is 0. The van der Waals surface area contributed by atoms with Crippen LogP contribution in [0.15, 0.2) is 176 Å². The molecule has 0 fully saturated rings. The van der Waals surface area contributed by atoms with E-state index < -0.39 is 0 Å². The zero-order valence-corrected chi connectivity index (χ0v) is 34.0. The molecule has 59 heavy (non-hydrogen) atoms. The average Bonchev–Trinajstić information content (AvgIpc) is 3.60. The third kappa shape index (κ3) is 7.99. The van der Waals surface area contributed by atoms with E-state index in [2.05, 4.69) is 70.6 Å². The van der Waals surface area contributed by atoms with Crippen LogP contribution in [0.5, 0.6) is 23.0 Å². The first kappa shape index (κ1) is 39.3. The summed E-state index contributed by atoms with van der Waals surface area (Å²) in [6.07, 6.45) is 7.01. The fourth-order valence-electron chi connectivity index (χ4n) is 7.02. The smallest absolute Gasteiger partial charge is 0.503 e. The Morgan fingerprint density at radius 3 is 1.29 bits per heavy atom. The minimum atomic E-state index is 0. The van der Waals surface area contributed by atoms with Gasteiger partial charge in [-0.05, 0) is 51.8 Å². The molecule has 0 unspecified atom stereocenters. The Morgan fingerprint density at radius 1 is 0.373 bits per heavy atom. The molecule has 9 heteroatoms. The van der Waals surface area contributed by atoms with Crippen molar-refractivity contribution >= 4 is 21.8 Å². The maximum Gasteiger partial charge on any atom is 2.00 e. The Morgan fingerprint density at radius 2 is 0.814 bits per heavy atom. The largest absolute Gasteiger partial charge is 2.00 e. The van der Waals surface area contributed by atoms with Crippen molar-refractivity contribution in [1.29, 1.82) is 0 Å². The monoisotopic (exact) mass is 943 g/mol. The summed E-state index contributed by atoms with van der Waals surface area (Å²) in [5, 5.41) is 1.87. The summed E-state index contributed by atoms with van der Waals surface area (Å²) >= 11 is 0. The number of hydrogen-bond donors (Lipinski definition) is 0. The van der Waals surface area contributed by atoms with Crippen LogP contribution in [0, 0.1) is 24.3 Å². The molecule has 0 atom stereocenters. The summed E-state index contributed by atoms with van der Waals surface area (Å²) in [5.74, 6) is 2.55. The summed E-state index contributed by atoms with van der Waals surface area (Å²) in [5.41, 5.74) is 8.93. The molecular formula is C50H29N5O2Pd2. The van der Waals surface area contributed by atoms with Crippen molar-refractivity contribution < 1.29 is 50.3 Å². The molecule has 0 spiro atoms. The van der Waals surface area contributed by atoms with Gasteiger partial charge in [-0.15, -0.1) is 71.8 Å². The number of hydrogen-bond acceptors (Lipinski definition) is 6. The molecule has 0 saturated carbocycles. The van der Waals surface area contributed by atoms with Gasteiger partial charge in [-0.1, -0.05) is 96.0 Å². The van der Waals surface area contributed by atoms with Crippen LogP contribution in [0.2, 0.25) is 0 Å². The number of nitrogens with zero attached hydrogens (tertiary/aromatic N) is 5. The summed E-state index contributed by atoms with van der Waals surface area (Å²) in [6.45, 7) is 0. The fraction of sp³-hybridized carbons (Fsp3) is 0. The third-order valence-corrected chi connectivity index (χ3v) is 9.56. The van der Waals surface area contributed by atoms with Crippen LogP contribution in [-0.2, 0) is 40.8 Å². The number of ether oxygens (including phenoxy) is 2. The second-order valence-electron chi connectivity index (χ2n) is 13.1. The quantitative estimate of drug-likeness (QED) is 0.106. The van der Waals surface area contributed by atoms with E-state index in [0.717, 1.165) is 66.6 Å². The molecule has 7 nitrogen and oxygen atoms in total. The van der Waals surface area contributed by atoms with E-state index in [-0.39, 0.29) is 40.8 Å². The van der Waals surface area contributed by atoms with Crippen LogP contribution in [0.3, 0.4) is 0 Å². The second-order valence-corrected chi connectivity index (χ2v) is 13.1. The van der Waals surface area contributed by atoms with Crippen LogP contribution < -0.4 is 9.47 Å². The Balaban J connectivity index is 0.00000242. The van der Waals surface area contributed by atoms with Crippen molar-refractivity contribution in [2.24, 2.45) is 0 Å². The fourth-order valence-corrected chi connectivity index (χ4v) is 7.02. The average molecular weight is 945 g/mol. The SMILES string of the molecule is [Pd+2].[Pd+2].[c-]1c(Oc2[c-]c3c(cc2)c2ccc(Oc4[c-]c(-c5ncccc5-c5ccccc5)ccc4)[c-]c2n3-c2ncccn2)cccc1-c1ncccc1-c1ccccc1. The zero-order chi connectivity index (χ0) is 38.0. The number of benzene rings is 6. The molecular weight excluding hydrogens is 915 g/mol. The Kier molecular flexibility index (Phi) is 11.6. The van der Waals surface area contributed by atoms with Gasteiger partial charge in [0.2, 0.25) is 5.95 Å². The molecule has 0 saturated heterocycles. The molecule has 0 aliphatic rings. The van der Waals surface area contributed by atoms with Crippen LogP contribution in [0.25, 0.3) is 72.5 Å². The van der Waals surface area contributed by atoms with Crippen molar-refractivity contribution in [2.75, 3.05) is 0 Å². The van der Waals surface area contributed by atoms with Gasteiger partial charge < -0.3 is 24.0 Å². The summed E-state index contributed by atoms with van der Waals surface area (Å²) < 4.78 is 14.8. The molecule has 10 aromatic rings. The third-order valence-electron chi connectivity index (χ3n) is 9.56. The first-order valence-corrected chi connectivity index (χ1v) is 18.4. The maximum absolute atomic E-state index is 6.43. The van der Waals surface area contributed by atoms with Crippen molar-refractivity contribution in [3.63, 3.8) is 0 Å². The Bertz CT molecular complexity index is 2850. The first-order chi connectivity index (χ1) is 28.2. The normalized spacial score (nSPS) is 10.8. The zero-order valence-electron chi connectivity index (χ0n) is 30.9. The van der Waals surface area contributed by atoms with Crippen LogP contribution >= 0.6 is 0 Å². The van der Waals surface area contributed by atoms with E-state index in [0.29, 0.717) is 28.9 Å². The van der Waals surface area contributed by atoms with Gasteiger partial charge in [0.1, 0.15) is 0 Å². The summed E-state index contributed by atoms with van der Waals surface area (Å²) in [6, 6.07) is 63.5. The van der Waals surface area contributed by atoms with Gasteiger partial charge in [-0.2, -0.15) is 22.9 Å². The molecule has 6 aromatic carbocycles.